The first-order valence-electron chi connectivity index (χ1n) is 4.90. The first-order valence-corrected chi connectivity index (χ1v) is 4.90. The molecule has 0 aliphatic carbocycles. The summed E-state index contributed by atoms with van der Waals surface area (Å²) in [5.74, 6) is 0.0719. The van der Waals surface area contributed by atoms with Crippen LogP contribution < -0.4 is 5.32 Å². The Hall–Kier alpha value is -0.650. The predicted molar refractivity (Wildman–Crippen MR) is 52.1 cm³/mol. The third kappa shape index (κ3) is 4.04. The highest BCUT2D eigenvalue weighted by Crippen LogP contribution is 1.93. The van der Waals surface area contributed by atoms with E-state index in [0.717, 1.165) is 26.2 Å². The van der Waals surface area contributed by atoms with Gasteiger partial charge in [0.2, 0.25) is 5.91 Å². The molecule has 1 rings (SSSR count). The SMILES string of the molecule is COCCOCC(=O)N1CCNCC1. The summed E-state index contributed by atoms with van der Waals surface area (Å²) in [6.45, 7) is 4.51. The maximum absolute atomic E-state index is 11.5. The number of nitrogens with one attached hydrogen (secondary N) is 1. The number of amides is 1. The normalized spacial score (nSPS) is 17.1. The van der Waals surface area contributed by atoms with E-state index in [2.05, 4.69) is 5.32 Å². The molecule has 0 atom stereocenters. The van der Waals surface area contributed by atoms with Gasteiger partial charge in [0.25, 0.3) is 0 Å². The van der Waals surface area contributed by atoms with E-state index in [1.807, 2.05) is 4.90 Å². The van der Waals surface area contributed by atoms with Gasteiger partial charge in [-0.15, -0.1) is 0 Å². The minimum atomic E-state index is 0.0719. The van der Waals surface area contributed by atoms with E-state index in [1.54, 1.807) is 7.11 Å². The number of carbonyl (C=O) groups excluding carboxylic acids is 1. The molecule has 1 fully saturated rings. The zero-order valence-corrected chi connectivity index (χ0v) is 8.62. The van der Waals surface area contributed by atoms with Crippen LogP contribution in [0.25, 0.3) is 0 Å². The highest BCUT2D eigenvalue weighted by Gasteiger charge is 2.15. The molecule has 1 N–H and O–H groups in total. The van der Waals surface area contributed by atoms with Crippen LogP contribution in [0.2, 0.25) is 0 Å². The Morgan fingerprint density at radius 3 is 2.71 bits per heavy atom. The highest BCUT2D eigenvalue weighted by molar-refractivity contribution is 5.77. The van der Waals surface area contributed by atoms with Crippen molar-refractivity contribution in [2.24, 2.45) is 0 Å². The van der Waals surface area contributed by atoms with Crippen LogP contribution in [-0.4, -0.2) is 63.9 Å². The molecule has 5 nitrogen and oxygen atoms in total. The second-order valence-corrected chi connectivity index (χ2v) is 3.18. The van der Waals surface area contributed by atoms with Crippen LogP contribution in [0.5, 0.6) is 0 Å². The fourth-order valence-electron chi connectivity index (χ4n) is 1.31. The van der Waals surface area contributed by atoms with Gasteiger partial charge in [0.15, 0.2) is 0 Å². The maximum atomic E-state index is 11.5. The minimum Gasteiger partial charge on any atom is -0.382 e. The Morgan fingerprint density at radius 1 is 1.36 bits per heavy atom. The number of carbonyl (C=O) groups is 1. The summed E-state index contributed by atoms with van der Waals surface area (Å²) < 4.78 is 9.96. The highest BCUT2D eigenvalue weighted by atomic mass is 16.5. The number of hydrogen-bond donors (Lipinski definition) is 1. The molecule has 82 valence electrons. The Bertz CT molecular complexity index is 169. The van der Waals surface area contributed by atoms with Crippen molar-refractivity contribution in [2.45, 2.75) is 0 Å². The number of methoxy groups -OCH3 is 1. The second kappa shape index (κ2) is 6.75. The van der Waals surface area contributed by atoms with Gasteiger partial charge < -0.3 is 19.7 Å². The lowest BCUT2D eigenvalue weighted by atomic mass is 10.3. The van der Waals surface area contributed by atoms with Gasteiger partial charge in [-0.25, -0.2) is 0 Å². The van der Waals surface area contributed by atoms with Crippen LogP contribution in [-0.2, 0) is 14.3 Å². The Morgan fingerprint density at radius 2 is 2.07 bits per heavy atom. The van der Waals surface area contributed by atoms with Crippen molar-refractivity contribution in [3.05, 3.63) is 0 Å². The summed E-state index contributed by atoms with van der Waals surface area (Å²) >= 11 is 0. The molecule has 0 bridgehead atoms. The Labute approximate surface area is 84.4 Å². The van der Waals surface area contributed by atoms with Gasteiger partial charge in [-0.1, -0.05) is 0 Å². The summed E-state index contributed by atoms with van der Waals surface area (Å²) in [4.78, 5) is 13.3. The van der Waals surface area contributed by atoms with Crippen molar-refractivity contribution < 1.29 is 14.3 Å². The van der Waals surface area contributed by atoms with Crippen molar-refractivity contribution >= 4 is 5.91 Å². The van der Waals surface area contributed by atoms with E-state index in [1.165, 1.54) is 0 Å². The first kappa shape index (κ1) is 11.4. The molecule has 0 spiro atoms. The quantitative estimate of drug-likeness (QED) is 0.586. The van der Waals surface area contributed by atoms with Crippen molar-refractivity contribution in [3.63, 3.8) is 0 Å². The van der Waals surface area contributed by atoms with Crippen LogP contribution in [0.15, 0.2) is 0 Å². The smallest absolute Gasteiger partial charge is 0.248 e. The lowest BCUT2D eigenvalue weighted by Crippen LogP contribution is -2.47. The number of hydrogen-bond acceptors (Lipinski definition) is 4. The molecule has 1 amide bonds. The molecule has 0 aromatic rings. The average molecular weight is 202 g/mol. The number of ether oxygens (including phenoxy) is 2. The molecule has 0 radical (unpaired) electrons. The molecule has 0 unspecified atom stereocenters. The lowest BCUT2D eigenvalue weighted by Gasteiger charge is -2.27. The zero-order valence-electron chi connectivity index (χ0n) is 8.62. The van der Waals surface area contributed by atoms with Crippen LogP contribution in [0.4, 0.5) is 0 Å². The minimum absolute atomic E-state index is 0.0719. The standard InChI is InChI=1S/C9H18N2O3/c1-13-6-7-14-8-9(12)11-4-2-10-3-5-11/h10H,2-8H2,1H3. The molecule has 0 aromatic heterocycles. The van der Waals surface area contributed by atoms with E-state index in [9.17, 15) is 4.79 Å². The van der Waals surface area contributed by atoms with Crippen LogP contribution in [0.1, 0.15) is 0 Å². The fraction of sp³-hybridized carbons (Fsp3) is 0.889. The lowest BCUT2D eigenvalue weighted by molar-refractivity contribution is -0.137. The number of piperazine rings is 1. The number of nitrogens with zero attached hydrogens (tertiary/aromatic N) is 1. The largest absolute Gasteiger partial charge is 0.382 e. The molecule has 0 saturated carbocycles. The molecule has 14 heavy (non-hydrogen) atoms. The molecule has 5 heteroatoms. The van der Waals surface area contributed by atoms with Crippen molar-refractivity contribution in [1.29, 1.82) is 0 Å². The van der Waals surface area contributed by atoms with Gasteiger partial charge in [0.05, 0.1) is 13.2 Å². The monoisotopic (exact) mass is 202 g/mol. The summed E-state index contributed by atoms with van der Waals surface area (Å²) in [5, 5.41) is 3.19. The fourth-order valence-corrected chi connectivity index (χ4v) is 1.31. The molecular formula is C9H18N2O3. The predicted octanol–water partition coefficient (Wildman–Crippen LogP) is -0.919. The van der Waals surface area contributed by atoms with E-state index < -0.39 is 0 Å². The number of rotatable bonds is 5. The molecule has 0 aromatic carbocycles. The van der Waals surface area contributed by atoms with Crippen molar-refractivity contribution in [3.8, 4) is 0 Å². The van der Waals surface area contributed by atoms with E-state index in [0.29, 0.717) is 13.2 Å². The van der Waals surface area contributed by atoms with Crippen LogP contribution in [0.3, 0.4) is 0 Å². The van der Waals surface area contributed by atoms with Gasteiger partial charge in [-0.3, -0.25) is 4.79 Å². The first-order chi connectivity index (χ1) is 6.84. The van der Waals surface area contributed by atoms with Gasteiger partial charge in [-0.05, 0) is 0 Å². The van der Waals surface area contributed by atoms with Gasteiger partial charge in [0, 0.05) is 33.3 Å². The summed E-state index contributed by atoms with van der Waals surface area (Å²) in [5.41, 5.74) is 0. The van der Waals surface area contributed by atoms with E-state index >= 15 is 0 Å². The molecular weight excluding hydrogens is 184 g/mol. The van der Waals surface area contributed by atoms with Gasteiger partial charge in [0.1, 0.15) is 6.61 Å². The second-order valence-electron chi connectivity index (χ2n) is 3.18. The Kier molecular flexibility index (Phi) is 5.51. The van der Waals surface area contributed by atoms with Gasteiger partial charge >= 0.3 is 0 Å². The third-order valence-corrected chi connectivity index (χ3v) is 2.13. The van der Waals surface area contributed by atoms with E-state index in [4.69, 9.17) is 9.47 Å². The summed E-state index contributed by atoms with van der Waals surface area (Å²) in [7, 11) is 1.61. The molecule has 1 heterocycles. The van der Waals surface area contributed by atoms with Crippen LogP contribution >= 0.6 is 0 Å². The van der Waals surface area contributed by atoms with Gasteiger partial charge in [-0.2, -0.15) is 0 Å². The average Bonchev–Trinajstić information content (AvgIpc) is 2.25. The van der Waals surface area contributed by atoms with Crippen LogP contribution in [0, 0.1) is 0 Å². The topological polar surface area (TPSA) is 50.8 Å². The summed E-state index contributed by atoms with van der Waals surface area (Å²) in [6.07, 6.45) is 0. The van der Waals surface area contributed by atoms with E-state index in [-0.39, 0.29) is 12.5 Å². The molecule has 1 aliphatic heterocycles. The van der Waals surface area contributed by atoms with Crippen molar-refractivity contribution in [1.82, 2.24) is 10.2 Å². The Balaban J connectivity index is 2.07. The van der Waals surface area contributed by atoms with Crippen molar-refractivity contribution in [2.75, 3.05) is 53.1 Å². The molecule has 1 aliphatic rings. The summed E-state index contributed by atoms with van der Waals surface area (Å²) in [6, 6.07) is 0. The third-order valence-electron chi connectivity index (χ3n) is 2.13. The maximum Gasteiger partial charge on any atom is 0.248 e. The molecule has 1 saturated heterocycles. The zero-order chi connectivity index (χ0) is 10.2.